The van der Waals surface area contributed by atoms with Gasteiger partial charge in [0.1, 0.15) is 11.6 Å². The maximum atomic E-state index is 14.1. The summed E-state index contributed by atoms with van der Waals surface area (Å²) in [5, 5.41) is 11.6. The molecule has 7 heteroatoms. The fourth-order valence-corrected chi connectivity index (χ4v) is 3.95. The highest BCUT2D eigenvalue weighted by Crippen LogP contribution is 2.46. The Labute approximate surface area is 172 Å². The van der Waals surface area contributed by atoms with Crippen LogP contribution in [0, 0.1) is 11.9 Å². The van der Waals surface area contributed by atoms with Crippen LogP contribution in [0.4, 0.5) is 17.6 Å². The topological polar surface area (TPSA) is 45.2 Å². The molecule has 0 spiro atoms. The van der Waals surface area contributed by atoms with Crippen molar-refractivity contribution in [1.29, 1.82) is 0 Å². The Morgan fingerprint density at radius 3 is 2.50 bits per heavy atom. The third kappa shape index (κ3) is 4.17. The summed E-state index contributed by atoms with van der Waals surface area (Å²) in [5.41, 5.74) is -2.99. The van der Waals surface area contributed by atoms with Gasteiger partial charge in [-0.15, -0.1) is 0 Å². The molecule has 0 aliphatic carbocycles. The predicted octanol–water partition coefficient (Wildman–Crippen LogP) is 5.71. The van der Waals surface area contributed by atoms with Crippen molar-refractivity contribution in [3.63, 3.8) is 0 Å². The minimum absolute atomic E-state index is 0.243. The third-order valence-electron chi connectivity index (χ3n) is 5.81. The van der Waals surface area contributed by atoms with Gasteiger partial charge in [-0.25, -0.2) is 4.39 Å². The normalized spacial score (nSPS) is 16.3. The minimum atomic E-state index is -4.90. The first kappa shape index (κ1) is 22.2. The second-order valence-corrected chi connectivity index (χ2v) is 7.95. The van der Waals surface area contributed by atoms with E-state index in [1.54, 1.807) is 38.1 Å². The third-order valence-corrected chi connectivity index (χ3v) is 5.81. The predicted molar refractivity (Wildman–Crippen MR) is 107 cm³/mol. The highest BCUT2D eigenvalue weighted by molar-refractivity contribution is 5.80. The van der Waals surface area contributed by atoms with Crippen molar-refractivity contribution >= 4 is 10.9 Å². The van der Waals surface area contributed by atoms with Gasteiger partial charge in [-0.1, -0.05) is 19.9 Å². The number of benzene rings is 2. The average molecular weight is 422 g/mol. The molecule has 2 unspecified atom stereocenters. The summed E-state index contributed by atoms with van der Waals surface area (Å²) in [4.78, 5) is 2.93. The average Bonchev–Trinajstić information content (AvgIpc) is 3.08. The number of ether oxygens (including phenoxy) is 1. The first-order valence-electron chi connectivity index (χ1n) is 9.62. The highest BCUT2D eigenvalue weighted by atomic mass is 19.4. The second kappa shape index (κ2) is 7.95. The standard InChI is InChI=1S/C23H24F4NO2/c1-4-21(2,18-12-16(24)9-10-20(18)30-3)14-22(29,23(25,26)27)13-17-11-15-7-5-6-8-19(15)28-17/h6-12,28-29H,4,13-14H2,1-3H3. The smallest absolute Gasteiger partial charge is 0.417 e. The van der Waals surface area contributed by atoms with Crippen LogP contribution in [0.15, 0.2) is 42.5 Å². The van der Waals surface area contributed by atoms with E-state index in [-0.39, 0.29) is 17.9 Å². The molecule has 0 saturated heterocycles. The summed E-state index contributed by atoms with van der Waals surface area (Å²) in [5.74, 6) is -0.292. The number of aliphatic hydroxyl groups is 1. The van der Waals surface area contributed by atoms with Gasteiger partial charge < -0.3 is 14.8 Å². The van der Waals surface area contributed by atoms with Crippen LogP contribution in [0.25, 0.3) is 10.9 Å². The lowest BCUT2D eigenvalue weighted by atomic mass is 9.70. The fraction of sp³-hybridized carbons (Fsp3) is 0.391. The largest absolute Gasteiger partial charge is 0.496 e. The number of hydrogen-bond acceptors (Lipinski definition) is 2. The molecule has 30 heavy (non-hydrogen) atoms. The molecule has 0 fully saturated rings. The van der Waals surface area contributed by atoms with Crippen molar-refractivity contribution in [2.75, 3.05) is 7.11 Å². The lowest BCUT2D eigenvalue weighted by Crippen LogP contribution is -2.51. The Kier molecular flexibility index (Phi) is 5.87. The van der Waals surface area contributed by atoms with E-state index in [1.807, 2.05) is 0 Å². The molecule has 0 bridgehead atoms. The molecule has 3 nitrogen and oxygen atoms in total. The van der Waals surface area contributed by atoms with E-state index in [4.69, 9.17) is 4.74 Å². The molecule has 1 heterocycles. The zero-order valence-electron chi connectivity index (χ0n) is 17.0. The molecule has 2 N–H and O–H groups in total. The summed E-state index contributed by atoms with van der Waals surface area (Å²) in [6, 6.07) is 13.2. The van der Waals surface area contributed by atoms with Crippen LogP contribution in [0.2, 0.25) is 0 Å². The van der Waals surface area contributed by atoms with Crippen molar-refractivity contribution in [3.05, 3.63) is 65.6 Å². The van der Waals surface area contributed by atoms with Crippen LogP contribution < -0.4 is 4.74 Å². The lowest BCUT2D eigenvalue weighted by molar-refractivity contribution is -0.267. The maximum Gasteiger partial charge on any atom is 0.417 e. The number of aromatic amines is 1. The first-order chi connectivity index (χ1) is 14.0. The Morgan fingerprint density at radius 1 is 1.17 bits per heavy atom. The quantitative estimate of drug-likeness (QED) is 0.479. The lowest BCUT2D eigenvalue weighted by Gasteiger charge is -2.40. The van der Waals surface area contributed by atoms with E-state index in [1.165, 1.54) is 25.3 Å². The number of hydrogen-bond donors (Lipinski definition) is 2. The van der Waals surface area contributed by atoms with E-state index in [2.05, 4.69) is 11.1 Å². The molecule has 0 saturated carbocycles. The number of methoxy groups -OCH3 is 1. The molecule has 1 radical (unpaired) electrons. The van der Waals surface area contributed by atoms with E-state index in [0.717, 1.165) is 0 Å². The molecular weight excluding hydrogens is 398 g/mol. The number of rotatable bonds is 7. The van der Waals surface area contributed by atoms with Gasteiger partial charge in [0.25, 0.3) is 0 Å². The minimum Gasteiger partial charge on any atom is -0.496 e. The SMILES string of the molecule is CCC(C)(CC(O)(Cc1cc2c[c]ccc2[nH]1)C(F)(F)F)c1cc(F)ccc1OC. The zero-order valence-corrected chi connectivity index (χ0v) is 17.0. The molecule has 3 rings (SSSR count). The molecule has 0 amide bonds. The van der Waals surface area contributed by atoms with Crippen molar-refractivity contribution in [1.82, 2.24) is 4.98 Å². The van der Waals surface area contributed by atoms with Crippen LogP contribution in [-0.4, -0.2) is 29.0 Å². The zero-order chi connectivity index (χ0) is 22.2. The summed E-state index contributed by atoms with van der Waals surface area (Å²) >= 11 is 0. The van der Waals surface area contributed by atoms with E-state index in [0.29, 0.717) is 16.5 Å². The summed E-state index contributed by atoms with van der Waals surface area (Å²) < 4.78 is 61.5. The van der Waals surface area contributed by atoms with Crippen LogP contribution in [-0.2, 0) is 11.8 Å². The van der Waals surface area contributed by atoms with Crippen LogP contribution in [0.3, 0.4) is 0 Å². The van der Waals surface area contributed by atoms with E-state index in [9.17, 15) is 22.7 Å². The molecule has 2 aromatic carbocycles. The molecular formula is C23H24F4NO2. The Balaban J connectivity index is 2.03. The number of nitrogens with one attached hydrogen (secondary N) is 1. The van der Waals surface area contributed by atoms with Crippen molar-refractivity contribution in [3.8, 4) is 5.75 Å². The molecule has 3 aromatic rings. The number of halogens is 4. The second-order valence-electron chi connectivity index (χ2n) is 7.95. The van der Waals surface area contributed by atoms with Gasteiger partial charge in [0, 0.05) is 28.6 Å². The van der Waals surface area contributed by atoms with Gasteiger partial charge in [0.05, 0.1) is 7.11 Å². The van der Waals surface area contributed by atoms with Gasteiger partial charge in [0.15, 0.2) is 5.60 Å². The van der Waals surface area contributed by atoms with Crippen LogP contribution in [0.1, 0.15) is 37.9 Å². The highest BCUT2D eigenvalue weighted by Gasteiger charge is 2.56. The maximum absolute atomic E-state index is 14.1. The number of fused-ring (bicyclic) bond motifs is 1. The Bertz CT molecular complexity index is 996. The summed E-state index contributed by atoms with van der Waals surface area (Å²) in [7, 11) is 1.38. The Morgan fingerprint density at radius 2 is 1.90 bits per heavy atom. The van der Waals surface area contributed by atoms with Crippen LogP contribution >= 0.6 is 0 Å². The van der Waals surface area contributed by atoms with Gasteiger partial charge in [0.2, 0.25) is 0 Å². The van der Waals surface area contributed by atoms with Gasteiger partial charge in [-0.2, -0.15) is 13.2 Å². The first-order valence-corrected chi connectivity index (χ1v) is 9.62. The number of aromatic nitrogens is 1. The fourth-order valence-electron chi connectivity index (χ4n) is 3.95. The van der Waals surface area contributed by atoms with Crippen molar-refractivity contribution in [2.45, 2.75) is 50.3 Å². The monoisotopic (exact) mass is 422 g/mol. The molecule has 0 aliphatic rings. The van der Waals surface area contributed by atoms with Gasteiger partial charge in [-0.05, 0) is 60.7 Å². The van der Waals surface area contributed by atoms with Crippen molar-refractivity contribution in [2.24, 2.45) is 0 Å². The van der Waals surface area contributed by atoms with Crippen LogP contribution in [0.5, 0.6) is 5.75 Å². The van der Waals surface area contributed by atoms with Crippen molar-refractivity contribution < 1.29 is 27.4 Å². The van der Waals surface area contributed by atoms with E-state index >= 15 is 0 Å². The number of H-pyrrole nitrogens is 1. The van der Waals surface area contributed by atoms with E-state index < -0.39 is 35.9 Å². The summed E-state index contributed by atoms with van der Waals surface area (Å²) in [6.07, 6.45) is -5.96. The molecule has 161 valence electrons. The molecule has 0 aliphatic heterocycles. The molecule has 1 aromatic heterocycles. The number of alkyl halides is 3. The summed E-state index contributed by atoms with van der Waals surface area (Å²) in [6.45, 7) is 3.29. The van der Waals surface area contributed by atoms with Gasteiger partial charge in [-0.3, -0.25) is 0 Å². The Hall–Kier alpha value is -2.54. The molecule has 2 atom stereocenters. The van der Waals surface area contributed by atoms with Gasteiger partial charge >= 0.3 is 6.18 Å².